The fraction of sp³-hybridized carbons (Fsp3) is 0.417. The molecule has 0 aromatic heterocycles. The third-order valence-corrected chi connectivity index (χ3v) is 2.38. The number of rotatable bonds is 5. The van der Waals surface area contributed by atoms with Crippen LogP contribution in [-0.4, -0.2) is 17.1 Å². The number of carbonyl (C=O) groups is 1. The van der Waals surface area contributed by atoms with Crippen molar-refractivity contribution in [3.05, 3.63) is 29.8 Å². The monoisotopic (exact) mass is 222 g/mol. The van der Waals surface area contributed by atoms with Gasteiger partial charge in [0.25, 0.3) is 0 Å². The summed E-state index contributed by atoms with van der Waals surface area (Å²) >= 11 is 0. The van der Waals surface area contributed by atoms with Crippen molar-refractivity contribution in [1.82, 2.24) is 5.32 Å². The van der Waals surface area contributed by atoms with Gasteiger partial charge in [0.05, 0.1) is 0 Å². The van der Waals surface area contributed by atoms with Gasteiger partial charge in [-0.1, -0.05) is 32.0 Å². The first kappa shape index (κ1) is 12.7. The Balaban J connectivity index is 2.52. The van der Waals surface area contributed by atoms with E-state index < -0.39 is 6.23 Å². The molecule has 0 spiro atoms. The number of nitrogen functional groups attached to an aromatic ring is 1. The van der Waals surface area contributed by atoms with Crippen molar-refractivity contribution in [1.29, 1.82) is 0 Å². The van der Waals surface area contributed by atoms with Crippen LogP contribution in [0.2, 0.25) is 0 Å². The standard InChI is InChI=1S/C12H18N2O2/c1-8(2)11(15)12(16)14-7-9-5-3-4-6-10(9)13/h3-6,8,12,14,16H,7,13H2,1-2H3. The van der Waals surface area contributed by atoms with Crippen LogP contribution in [0.25, 0.3) is 0 Å². The van der Waals surface area contributed by atoms with Gasteiger partial charge < -0.3 is 10.8 Å². The van der Waals surface area contributed by atoms with E-state index in [1.807, 2.05) is 18.2 Å². The molecule has 16 heavy (non-hydrogen) atoms. The van der Waals surface area contributed by atoms with Crippen molar-refractivity contribution in [2.24, 2.45) is 5.92 Å². The molecule has 0 fully saturated rings. The number of hydrogen-bond acceptors (Lipinski definition) is 4. The number of carbonyl (C=O) groups excluding carboxylic acids is 1. The Bertz CT molecular complexity index is 364. The van der Waals surface area contributed by atoms with Crippen molar-refractivity contribution in [2.45, 2.75) is 26.6 Å². The molecule has 0 bridgehead atoms. The van der Waals surface area contributed by atoms with Gasteiger partial charge in [0, 0.05) is 18.2 Å². The van der Waals surface area contributed by atoms with Crippen LogP contribution in [0.3, 0.4) is 0 Å². The highest BCUT2D eigenvalue weighted by Gasteiger charge is 2.17. The summed E-state index contributed by atoms with van der Waals surface area (Å²) in [6.45, 7) is 3.89. The average molecular weight is 222 g/mol. The highest BCUT2D eigenvalue weighted by Crippen LogP contribution is 2.10. The summed E-state index contributed by atoms with van der Waals surface area (Å²) in [4.78, 5) is 11.4. The zero-order chi connectivity index (χ0) is 12.1. The highest BCUT2D eigenvalue weighted by atomic mass is 16.3. The highest BCUT2D eigenvalue weighted by molar-refractivity contribution is 5.84. The molecular formula is C12H18N2O2. The van der Waals surface area contributed by atoms with E-state index in [4.69, 9.17) is 5.73 Å². The van der Waals surface area contributed by atoms with E-state index in [2.05, 4.69) is 5.32 Å². The number of hydrogen-bond donors (Lipinski definition) is 3. The Hall–Kier alpha value is -1.39. The molecule has 4 heteroatoms. The van der Waals surface area contributed by atoms with Crippen molar-refractivity contribution in [2.75, 3.05) is 5.73 Å². The summed E-state index contributed by atoms with van der Waals surface area (Å²) in [5, 5.41) is 12.3. The van der Waals surface area contributed by atoms with Crippen LogP contribution in [0.5, 0.6) is 0 Å². The maximum absolute atomic E-state index is 11.4. The Kier molecular flexibility index (Phi) is 4.46. The zero-order valence-corrected chi connectivity index (χ0v) is 9.60. The molecule has 0 amide bonds. The number of para-hydroxylation sites is 1. The number of Topliss-reactive ketones (excluding diaryl/α,β-unsaturated/α-hetero) is 1. The average Bonchev–Trinajstić information content (AvgIpc) is 2.26. The lowest BCUT2D eigenvalue weighted by Gasteiger charge is -2.14. The van der Waals surface area contributed by atoms with Gasteiger partial charge in [-0.3, -0.25) is 10.1 Å². The number of nitrogens with two attached hydrogens (primary N) is 1. The summed E-state index contributed by atoms with van der Waals surface area (Å²) in [7, 11) is 0. The van der Waals surface area contributed by atoms with Crippen molar-refractivity contribution in [3.8, 4) is 0 Å². The summed E-state index contributed by atoms with van der Waals surface area (Å²) in [6, 6.07) is 7.35. The summed E-state index contributed by atoms with van der Waals surface area (Å²) in [6.07, 6.45) is -1.13. The summed E-state index contributed by atoms with van der Waals surface area (Å²) < 4.78 is 0. The molecule has 1 aromatic carbocycles. The number of aliphatic hydroxyl groups excluding tert-OH is 1. The Morgan fingerprint density at radius 2 is 2.06 bits per heavy atom. The summed E-state index contributed by atoms with van der Waals surface area (Å²) in [5.74, 6) is -0.398. The molecule has 4 nitrogen and oxygen atoms in total. The third-order valence-electron chi connectivity index (χ3n) is 2.38. The fourth-order valence-electron chi connectivity index (χ4n) is 1.32. The number of ketones is 1. The lowest BCUT2D eigenvalue weighted by Crippen LogP contribution is -2.38. The summed E-state index contributed by atoms with van der Waals surface area (Å²) in [5.41, 5.74) is 7.26. The molecule has 0 radical (unpaired) electrons. The van der Waals surface area contributed by atoms with Gasteiger partial charge in [-0.25, -0.2) is 0 Å². The molecule has 1 aromatic rings. The maximum Gasteiger partial charge on any atom is 0.178 e. The molecule has 0 aliphatic carbocycles. The Labute approximate surface area is 95.5 Å². The van der Waals surface area contributed by atoms with Crippen LogP contribution < -0.4 is 11.1 Å². The van der Waals surface area contributed by atoms with Gasteiger partial charge in [0.15, 0.2) is 12.0 Å². The molecular weight excluding hydrogens is 204 g/mol. The quantitative estimate of drug-likeness (QED) is 0.511. The molecule has 0 saturated carbocycles. The van der Waals surface area contributed by atoms with Crippen molar-refractivity contribution in [3.63, 3.8) is 0 Å². The fourth-order valence-corrected chi connectivity index (χ4v) is 1.32. The van der Waals surface area contributed by atoms with Crippen LogP contribution in [0.1, 0.15) is 19.4 Å². The topological polar surface area (TPSA) is 75.3 Å². The zero-order valence-electron chi connectivity index (χ0n) is 9.60. The first-order chi connectivity index (χ1) is 7.52. The minimum atomic E-state index is -1.13. The molecule has 0 aliphatic heterocycles. The second-order valence-electron chi connectivity index (χ2n) is 4.04. The van der Waals surface area contributed by atoms with Gasteiger partial charge >= 0.3 is 0 Å². The molecule has 4 N–H and O–H groups in total. The van der Waals surface area contributed by atoms with E-state index >= 15 is 0 Å². The second-order valence-corrected chi connectivity index (χ2v) is 4.04. The first-order valence-electron chi connectivity index (χ1n) is 5.31. The van der Waals surface area contributed by atoms with Crippen LogP contribution in [-0.2, 0) is 11.3 Å². The first-order valence-corrected chi connectivity index (χ1v) is 5.31. The predicted octanol–water partition coefficient (Wildman–Crippen LogP) is 0.902. The van der Waals surface area contributed by atoms with E-state index in [1.165, 1.54) is 0 Å². The molecule has 0 heterocycles. The van der Waals surface area contributed by atoms with Gasteiger partial charge in [-0.15, -0.1) is 0 Å². The third kappa shape index (κ3) is 3.32. The largest absolute Gasteiger partial charge is 0.398 e. The van der Waals surface area contributed by atoms with Crippen molar-refractivity contribution >= 4 is 11.5 Å². The van der Waals surface area contributed by atoms with Gasteiger partial charge in [0.1, 0.15) is 0 Å². The number of benzene rings is 1. The molecule has 1 atom stereocenters. The van der Waals surface area contributed by atoms with Crippen molar-refractivity contribution < 1.29 is 9.90 Å². The second kappa shape index (κ2) is 5.63. The molecule has 1 rings (SSSR count). The predicted molar refractivity (Wildman–Crippen MR) is 63.5 cm³/mol. The molecule has 1 unspecified atom stereocenters. The minimum Gasteiger partial charge on any atom is -0.398 e. The smallest absolute Gasteiger partial charge is 0.178 e. The normalized spacial score (nSPS) is 12.8. The molecule has 0 aliphatic rings. The lowest BCUT2D eigenvalue weighted by atomic mass is 10.1. The van der Waals surface area contributed by atoms with Gasteiger partial charge in [-0.05, 0) is 11.6 Å². The lowest BCUT2D eigenvalue weighted by molar-refractivity contribution is -0.131. The SMILES string of the molecule is CC(C)C(=O)C(O)NCc1ccccc1N. The Morgan fingerprint density at radius 3 is 2.62 bits per heavy atom. The maximum atomic E-state index is 11.4. The van der Waals surface area contributed by atoms with E-state index in [-0.39, 0.29) is 11.7 Å². The van der Waals surface area contributed by atoms with E-state index in [0.29, 0.717) is 12.2 Å². The number of anilines is 1. The van der Waals surface area contributed by atoms with E-state index in [1.54, 1.807) is 19.9 Å². The Morgan fingerprint density at radius 1 is 1.44 bits per heavy atom. The van der Waals surface area contributed by atoms with Crippen LogP contribution in [0.15, 0.2) is 24.3 Å². The van der Waals surface area contributed by atoms with E-state index in [9.17, 15) is 9.90 Å². The molecule has 0 saturated heterocycles. The van der Waals surface area contributed by atoms with Crippen LogP contribution >= 0.6 is 0 Å². The molecule has 88 valence electrons. The number of nitrogens with one attached hydrogen (secondary N) is 1. The van der Waals surface area contributed by atoms with Gasteiger partial charge in [0.2, 0.25) is 0 Å². The van der Waals surface area contributed by atoms with Crippen LogP contribution in [0, 0.1) is 5.92 Å². The van der Waals surface area contributed by atoms with E-state index in [0.717, 1.165) is 5.56 Å². The van der Waals surface area contributed by atoms with Crippen LogP contribution in [0.4, 0.5) is 5.69 Å². The minimum absolute atomic E-state index is 0.185. The van der Waals surface area contributed by atoms with Gasteiger partial charge in [-0.2, -0.15) is 0 Å². The number of aliphatic hydroxyl groups is 1.